The predicted octanol–water partition coefficient (Wildman–Crippen LogP) is 3.89. The van der Waals surface area contributed by atoms with Crippen LogP contribution in [0.15, 0.2) is 29.6 Å². The summed E-state index contributed by atoms with van der Waals surface area (Å²) >= 11 is 1.71. The fraction of sp³-hybridized carbons (Fsp3) is 0.438. The van der Waals surface area contributed by atoms with Gasteiger partial charge in [0.05, 0.1) is 12.3 Å². The molecule has 5 heteroatoms. The number of rotatable bonds is 4. The molecule has 1 fully saturated rings. The standard InChI is InChI=1S/C16H19FN2OS/c1-12-11-21-16(18-12)19-8-2-3-13(9-19)10-20-15-6-4-14(17)5-7-15/h4-7,11,13H,2-3,8-10H2,1H3/t13-/m1/s1. The molecule has 21 heavy (non-hydrogen) atoms. The van der Waals surface area contributed by atoms with Crippen molar-refractivity contribution in [3.63, 3.8) is 0 Å². The van der Waals surface area contributed by atoms with Crippen molar-refractivity contribution in [2.24, 2.45) is 5.92 Å². The Morgan fingerprint density at radius 2 is 2.19 bits per heavy atom. The van der Waals surface area contributed by atoms with Crippen LogP contribution in [0.2, 0.25) is 0 Å². The molecule has 112 valence electrons. The number of piperidine rings is 1. The van der Waals surface area contributed by atoms with E-state index in [2.05, 4.69) is 15.3 Å². The average molecular weight is 306 g/mol. The molecule has 2 heterocycles. The van der Waals surface area contributed by atoms with Gasteiger partial charge < -0.3 is 9.64 Å². The summed E-state index contributed by atoms with van der Waals surface area (Å²) in [6, 6.07) is 6.22. The predicted molar refractivity (Wildman–Crippen MR) is 83.7 cm³/mol. The Labute approximate surface area is 128 Å². The third kappa shape index (κ3) is 3.73. The quantitative estimate of drug-likeness (QED) is 0.857. The van der Waals surface area contributed by atoms with Gasteiger partial charge in [-0.15, -0.1) is 11.3 Å². The van der Waals surface area contributed by atoms with Crippen molar-refractivity contribution in [2.75, 3.05) is 24.6 Å². The molecule has 1 atom stereocenters. The van der Waals surface area contributed by atoms with E-state index in [4.69, 9.17) is 4.74 Å². The molecule has 0 aliphatic carbocycles. The molecule has 0 N–H and O–H groups in total. The Bertz CT molecular complexity index is 584. The fourth-order valence-electron chi connectivity index (χ4n) is 2.61. The molecule has 3 nitrogen and oxygen atoms in total. The lowest BCUT2D eigenvalue weighted by Gasteiger charge is -2.32. The maximum atomic E-state index is 12.9. The van der Waals surface area contributed by atoms with Gasteiger partial charge in [-0.3, -0.25) is 0 Å². The first-order chi connectivity index (χ1) is 10.2. The van der Waals surface area contributed by atoms with Gasteiger partial charge in [0.25, 0.3) is 0 Å². The summed E-state index contributed by atoms with van der Waals surface area (Å²) < 4.78 is 18.6. The third-order valence-corrected chi connectivity index (χ3v) is 4.72. The monoisotopic (exact) mass is 306 g/mol. The van der Waals surface area contributed by atoms with Crippen LogP contribution in [0.4, 0.5) is 9.52 Å². The van der Waals surface area contributed by atoms with Gasteiger partial charge in [0.1, 0.15) is 11.6 Å². The van der Waals surface area contributed by atoms with Crippen LogP contribution in [0.3, 0.4) is 0 Å². The van der Waals surface area contributed by atoms with Crippen LogP contribution in [-0.4, -0.2) is 24.7 Å². The Hall–Kier alpha value is -1.62. The van der Waals surface area contributed by atoms with Crippen LogP contribution in [-0.2, 0) is 0 Å². The normalized spacial score (nSPS) is 18.8. The lowest BCUT2D eigenvalue weighted by Crippen LogP contribution is -2.37. The van der Waals surface area contributed by atoms with Crippen molar-refractivity contribution < 1.29 is 9.13 Å². The summed E-state index contributed by atoms with van der Waals surface area (Å²) in [5.74, 6) is 0.997. The second-order valence-corrected chi connectivity index (χ2v) is 6.33. The molecule has 0 radical (unpaired) electrons. The zero-order chi connectivity index (χ0) is 14.7. The van der Waals surface area contributed by atoms with Gasteiger partial charge in [-0.05, 0) is 44.0 Å². The maximum absolute atomic E-state index is 12.9. The van der Waals surface area contributed by atoms with Gasteiger partial charge in [-0.2, -0.15) is 0 Å². The van der Waals surface area contributed by atoms with E-state index < -0.39 is 0 Å². The number of halogens is 1. The Morgan fingerprint density at radius 3 is 2.90 bits per heavy atom. The topological polar surface area (TPSA) is 25.4 Å². The summed E-state index contributed by atoms with van der Waals surface area (Å²) in [7, 11) is 0. The lowest BCUT2D eigenvalue weighted by molar-refractivity contribution is 0.228. The molecule has 0 bridgehead atoms. The van der Waals surface area contributed by atoms with Gasteiger partial charge >= 0.3 is 0 Å². The summed E-state index contributed by atoms with van der Waals surface area (Å²) in [4.78, 5) is 6.91. The minimum atomic E-state index is -0.231. The van der Waals surface area contributed by atoms with Gasteiger partial charge in [-0.1, -0.05) is 0 Å². The number of hydrogen-bond donors (Lipinski definition) is 0. The minimum absolute atomic E-state index is 0.231. The Kier molecular flexibility index (Phi) is 4.39. The van der Waals surface area contributed by atoms with E-state index >= 15 is 0 Å². The minimum Gasteiger partial charge on any atom is -0.493 e. The van der Waals surface area contributed by atoms with E-state index in [1.165, 1.54) is 18.6 Å². The molecule has 1 aromatic carbocycles. The van der Waals surface area contributed by atoms with E-state index in [-0.39, 0.29) is 5.82 Å². The van der Waals surface area contributed by atoms with E-state index in [9.17, 15) is 4.39 Å². The molecule has 0 unspecified atom stereocenters. The van der Waals surface area contributed by atoms with Crippen LogP contribution < -0.4 is 9.64 Å². The van der Waals surface area contributed by atoms with Gasteiger partial charge in [-0.25, -0.2) is 9.37 Å². The van der Waals surface area contributed by atoms with Crippen LogP contribution in [0.25, 0.3) is 0 Å². The summed E-state index contributed by atoms with van der Waals surface area (Å²) in [6.45, 7) is 4.75. The average Bonchev–Trinajstić information content (AvgIpc) is 2.94. The van der Waals surface area contributed by atoms with Crippen LogP contribution in [0.5, 0.6) is 5.75 Å². The third-order valence-electron chi connectivity index (χ3n) is 3.70. The highest BCUT2D eigenvalue weighted by Gasteiger charge is 2.22. The van der Waals surface area contributed by atoms with Crippen LogP contribution in [0.1, 0.15) is 18.5 Å². The lowest BCUT2D eigenvalue weighted by atomic mass is 9.99. The molecule has 1 aliphatic heterocycles. The second-order valence-electron chi connectivity index (χ2n) is 5.49. The second kappa shape index (κ2) is 6.43. The first-order valence-electron chi connectivity index (χ1n) is 7.26. The van der Waals surface area contributed by atoms with Crippen molar-refractivity contribution >= 4 is 16.5 Å². The SMILES string of the molecule is Cc1csc(N2CCC[C@@H](COc3ccc(F)cc3)C2)n1. The van der Waals surface area contributed by atoms with Crippen molar-refractivity contribution in [1.29, 1.82) is 0 Å². The molecular formula is C16H19FN2OS. The first kappa shape index (κ1) is 14.3. The van der Waals surface area contributed by atoms with E-state index in [1.54, 1.807) is 23.5 Å². The first-order valence-corrected chi connectivity index (χ1v) is 8.14. The molecule has 0 amide bonds. The fourth-order valence-corrected chi connectivity index (χ4v) is 3.45. The van der Waals surface area contributed by atoms with Crippen LogP contribution >= 0.6 is 11.3 Å². The zero-order valence-electron chi connectivity index (χ0n) is 12.1. The number of benzene rings is 1. The smallest absolute Gasteiger partial charge is 0.185 e. The van der Waals surface area contributed by atoms with Gasteiger partial charge in [0, 0.05) is 24.4 Å². The maximum Gasteiger partial charge on any atom is 0.185 e. The number of ether oxygens (including phenoxy) is 1. The van der Waals surface area contributed by atoms with E-state index in [0.717, 1.165) is 36.1 Å². The molecule has 1 aromatic heterocycles. The zero-order valence-corrected chi connectivity index (χ0v) is 12.9. The summed E-state index contributed by atoms with van der Waals surface area (Å²) in [5.41, 5.74) is 1.08. The van der Waals surface area contributed by atoms with Gasteiger partial charge in [0.2, 0.25) is 0 Å². The number of thiazole rings is 1. The van der Waals surface area contributed by atoms with E-state index in [0.29, 0.717) is 12.5 Å². The highest BCUT2D eigenvalue weighted by molar-refractivity contribution is 7.13. The number of hydrogen-bond acceptors (Lipinski definition) is 4. The number of nitrogens with zero attached hydrogens (tertiary/aromatic N) is 2. The molecule has 1 aliphatic rings. The van der Waals surface area contributed by atoms with Crippen LogP contribution in [0, 0.1) is 18.7 Å². The Balaban J connectivity index is 1.55. The van der Waals surface area contributed by atoms with E-state index in [1.807, 2.05) is 6.92 Å². The van der Waals surface area contributed by atoms with Crippen molar-refractivity contribution in [3.05, 3.63) is 41.2 Å². The molecular weight excluding hydrogens is 287 g/mol. The molecule has 1 saturated heterocycles. The molecule has 0 saturated carbocycles. The van der Waals surface area contributed by atoms with Crippen molar-refractivity contribution in [1.82, 2.24) is 4.98 Å². The summed E-state index contributed by atoms with van der Waals surface area (Å²) in [5, 5.41) is 3.20. The highest BCUT2D eigenvalue weighted by atomic mass is 32.1. The van der Waals surface area contributed by atoms with Crippen molar-refractivity contribution in [3.8, 4) is 5.75 Å². The Morgan fingerprint density at radius 1 is 1.38 bits per heavy atom. The largest absolute Gasteiger partial charge is 0.493 e. The molecule has 2 aromatic rings. The van der Waals surface area contributed by atoms with Crippen molar-refractivity contribution in [2.45, 2.75) is 19.8 Å². The number of aromatic nitrogens is 1. The summed E-state index contributed by atoms with van der Waals surface area (Å²) in [6.07, 6.45) is 2.33. The number of aryl methyl sites for hydroxylation is 1. The highest BCUT2D eigenvalue weighted by Crippen LogP contribution is 2.26. The molecule has 0 spiro atoms. The molecule has 3 rings (SSSR count). The van der Waals surface area contributed by atoms with Gasteiger partial charge in [0.15, 0.2) is 5.13 Å². The number of anilines is 1.